The van der Waals surface area contributed by atoms with Crippen molar-refractivity contribution in [2.24, 2.45) is 5.92 Å². The number of carbonyl (C=O) groups excluding carboxylic acids is 1. The Morgan fingerprint density at radius 3 is 2.69 bits per heavy atom. The van der Waals surface area contributed by atoms with Crippen molar-refractivity contribution in [2.45, 2.75) is 33.2 Å². The van der Waals surface area contributed by atoms with E-state index in [1.165, 1.54) is 0 Å². The lowest BCUT2D eigenvalue weighted by Crippen LogP contribution is -2.29. The van der Waals surface area contributed by atoms with Crippen LogP contribution in [0.2, 0.25) is 0 Å². The van der Waals surface area contributed by atoms with Crippen LogP contribution in [0.25, 0.3) is 11.0 Å². The largest absolute Gasteiger partial charge is 0.494 e. The zero-order chi connectivity index (χ0) is 22.7. The maximum Gasteiger partial charge on any atom is 0.338 e. The summed E-state index contributed by atoms with van der Waals surface area (Å²) in [5, 5.41) is 3.29. The molecule has 0 bridgehead atoms. The molecule has 0 saturated heterocycles. The van der Waals surface area contributed by atoms with E-state index in [-0.39, 0.29) is 18.6 Å². The van der Waals surface area contributed by atoms with Gasteiger partial charge < -0.3 is 14.8 Å². The second kappa shape index (κ2) is 9.30. The van der Waals surface area contributed by atoms with Crippen LogP contribution >= 0.6 is 0 Å². The van der Waals surface area contributed by atoms with Crippen molar-refractivity contribution in [3.63, 3.8) is 0 Å². The van der Waals surface area contributed by atoms with Crippen molar-refractivity contribution < 1.29 is 14.3 Å². The molecule has 166 valence electrons. The molecule has 1 aliphatic rings. The summed E-state index contributed by atoms with van der Waals surface area (Å²) in [6.07, 6.45) is 2.57. The lowest BCUT2D eigenvalue weighted by atomic mass is 9.95. The van der Waals surface area contributed by atoms with Gasteiger partial charge in [-0.2, -0.15) is 0 Å². The zero-order valence-corrected chi connectivity index (χ0v) is 18.8. The van der Waals surface area contributed by atoms with E-state index in [2.05, 4.69) is 30.3 Å². The average Bonchev–Trinajstić information content (AvgIpc) is 3.14. The zero-order valence-electron chi connectivity index (χ0n) is 18.8. The first-order valence-corrected chi connectivity index (χ1v) is 10.9. The monoisotopic (exact) mass is 431 g/mol. The molecule has 2 heterocycles. The molecule has 0 amide bonds. The number of nitrogens with zero attached hydrogens (tertiary/aromatic N) is 2. The number of benzene rings is 2. The predicted octanol–water partition coefficient (Wildman–Crippen LogP) is 5.48. The Labute approximate surface area is 188 Å². The van der Waals surface area contributed by atoms with Crippen molar-refractivity contribution in [1.82, 2.24) is 9.55 Å². The fourth-order valence-electron chi connectivity index (χ4n) is 3.91. The van der Waals surface area contributed by atoms with Gasteiger partial charge in [0.05, 0.1) is 29.3 Å². The lowest BCUT2D eigenvalue weighted by molar-refractivity contribution is -0.138. The molecule has 0 unspecified atom stereocenters. The highest BCUT2D eigenvalue weighted by atomic mass is 16.5. The van der Waals surface area contributed by atoms with Gasteiger partial charge in [-0.25, -0.2) is 9.78 Å². The number of carbonyl (C=O) groups is 1. The molecular formula is C26H29N3O3. The van der Waals surface area contributed by atoms with Gasteiger partial charge in [-0.3, -0.25) is 4.57 Å². The van der Waals surface area contributed by atoms with Crippen LogP contribution in [0, 0.1) is 5.92 Å². The molecule has 32 heavy (non-hydrogen) atoms. The Hall–Kier alpha value is -3.54. The van der Waals surface area contributed by atoms with Gasteiger partial charge >= 0.3 is 5.97 Å². The molecule has 6 nitrogen and oxygen atoms in total. The number of para-hydroxylation sites is 2. The van der Waals surface area contributed by atoms with Crippen LogP contribution in [-0.2, 0) is 9.53 Å². The van der Waals surface area contributed by atoms with Crippen LogP contribution in [-0.4, -0.2) is 28.7 Å². The Balaban J connectivity index is 1.75. The number of hydrogen-bond acceptors (Lipinski definition) is 5. The third kappa shape index (κ3) is 4.26. The van der Waals surface area contributed by atoms with Crippen LogP contribution in [0.15, 0.2) is 72.5 Å². The van der Waals surface area contributed by atoms with E-state index < -0.39 is 0 Å². The number of hydrogen-bond donors (Lipinski definition) is 1. The van der Waals surface area contributed by atoms with E-state index in [4.69, 9.17) is 14.5 Å². The van der Waals surface area contributed by atoms with Crippen LogP contribution in [0.1, 0.15) is 38.8 Å². The van der Waals surface area contributed by atoms with Crippen molar-refractivity contribution in [3.05, 3.63) is 78.0 Å². The van der Waals surface area contributed by atoms with Crippen molar-refractivity contribution >= 4 is 23.0 Å². The van der Waals surface area contributed by atoms with Gasteiger partial charge in [-0.15, -0.1) is 0 Å². The van der Waals surface area contributed by atoms with Crippen LogP contribution in [0.4, 0.5) is 5.95 Å². The fourth-order valence-corrected chi connectivity index (χ4v) is 3.91. The molecule has 0 radical (unpaired) electrons. The molecular weight excluding hydrogens is 402 g/mol. The minimum atomic E-state index is -0.374. The number of rotatable bonds is 8. The summed E-state index contributed by atoms with van der Waals surface area (Å²) in [5.74, 6) is 1.73. The lowest BCUT2D eigenvalue weighted by Gasteiger charge is -2.30. The number of allylic oxidation sites excluding steroid dienone is 1. The minimum Gasteiger partial charge on any atom is -0.494 e. The van der Waals surface area contributed by atoms with Gasteiger partial charge in [0.15, 0.2) is 0 Å². The molecule has 3 aromatic rings. The summed E-state index contributed by atoms with van der Waals surface area (Å²) in [7, 11) is 0. The molecule has 1 aromatic heterocycles. The van der Waals surface area contributed by atoms with Crippen molar-refractivity contribution in [1.29, 1.82) is 0 Å². The van der Waals surface area contributed by atoms with E-state index in [1.54, 1.807) is 6.08 Å². The van der Waals surface area contributed by atoms with Gasteiger partial charge in [0, 0.05) is 5.70 Å². The summed E-state index contributed by atoms with van der Waals surface area (Å²) in [4.78, 5) is 17.8. The topological polar surface area (TPSA) is 65.4 Å². The normalized spacial score (nSPS) is 15.4. The summed E-state index contributed by atoms with van der Waals surface area (Å²) in [5.41, 5.74) is 4.04. The van der Waals surface area contributed by atoms with Crippen LogP contribution < -0.4 is 10.1 Å². The second-order valence-electron chi connectivity index (χ2n) is 8.35. The molecule has 4 rings (SSSR count). The first-order chi connectivity index (χ1) is 15.5. The number of imidazole rings is 1. The van der Waals surface area contributed by atoms with Gasteiger partial charge in [0.1, 0.15) is 12.4 Å². The smallest absolute Gasteiger partial charge is 0.338 e. The summed E-state index contributed by atoms with van der Waals surface area (Å²) >= 11 is 0. The first kappa shape index (κ1) is 21.7. The molecule has 2 aromatic carbocycles. The van der Waals surface area contributed by atoms with E-state index in [1.807, 2.05) is 55.5 Å². The number of esters is 1. The third-order valence-corrected chi connectivity index (χ3v) is 5.54. The Morgan fingerprint density at radius 2 is 1.97 bits per heavy atom. The minimum absolute atomic E-state index is 0.155. The highest BCUT2D eigenvalue weighted by Gasteiger charge is 2.34. The summed E-state index contributed by atoms with van der Waals surface area (Å²) < 4.78 is 13.4. The van der Waals surface area contributed by atoms with E-state index in [0.717, 1.165) is 34.5 Å². The summed E-state index contributed by atoms with van der Waals surface area (Å²) in [6.45, 7) is 10.7. The predicted molar refractivity (Wildman–Crippen MR) is 127 cm³/mol. The Morgan fingerprint density at radius 1 is 1.22 bits per heavy atom. The molecule has 0 aliphatic carbocycles. The van der Waals surface area contributed by atoms with Crippen molar-refractivity contribution in [3.8, 4) is 5.75 Å². The summed E-state index contributed by atoms with van der Waals surface area (Å²) in [6, 6.07) is 15.5. The van der Waals surface area contributed by atoms with Crippen LogP contribution in [0.3, 0.4) is 0 Å². The highest BCUT2D eigenvalue weighted by molar-refractivity contribution is 5.94. The van der Waals surface area contributed by atoms with E-state index in [9.17, 15) is 4.79 Å². The highest BCUT2D eigenvalue weighted by Crippen LogP contribution is 2.39. The number of aromatic nitrogens is 2. The Kier molecular flexibility index (Phi) is 6.30. The molecule has 1 N–H and O–H groups in total. The van der Waals surface area contributed by atoms with Gasteiger partial charge in [-0.1, -0.05) is 50.8 Å². The van der Waals surface area contributed by atoms with Gasteiger partial charge in [0.2, 0.25) is 5.95 Å². The first-order valence-electron chi connectivity index (χ1n) is 10.9. The molecule has 0 fully saturated rings. The van der Waals surface area contributed by atoms with E-state index >= 15 is 0 Å². The third-order valence-electron chi connectivity index (χ3n) is 5.54. The molecule has 0 spiro atoms. The van der Waals surface area contributed by atoms with Gasteiger partial charge in [-0.05, 0) is 49.1 Å². The number of nitrogens with one attached hydrogen (secondary N) is 1. The quantitative estimate of drug-likeness (QED) is 0.378. The van der Waals surface area contributed by atoms with E-state index in [0.29, 0.717) is 24.0 Å². The molecule has 6 heteroatoms. The molecule has 1 atom stereocenters. The van der Waals surface area contributed by atoms with Crippen molar-refractivity contribution in [2.75, 3.05) is 18.5 Å². The number of fused-ring (bicyclic) bond motifs is 3. The Bertz CT molecular complexity index is 1160. The molecule has 1 aliphatic heterocycles. The average molecular weight is 432 g/mol. The maximum atomic E-state index is 13.1. The SMILES string of the molecule is C=CCOC(=O)C1=C(C)Nc2nc3ccccc3n2[C@@H]1c1ccc(OCCC(C)C)cc1. The standard InChI is InChI=1S/C26H29N3O3/c1-5-15-32-25(30)23-18(4)27-26-28-21-8-6-7-9-22(21)29(26)24(23)19-10-12-20(13-11-19)31-16-14-17(2)3/h5-13,17,24H,1,14-16H2,2-4H3,(H,27,28)/t24-/m1/s1. The number of anilines is 1. The van der Waals surface area contributed by atoms with Gasteiger partial charge in [0.25, 0.3) is 0 Å². The number of ether oxygens (including phenoxy) is 2. The van der Waals surface area contributed by atoms with Crippen LogP contribution in [0.5, 0.6) is 5.75 Å². The molecule has 0 saturated carbocycles. The maximum absolute atomic E-state index is 13.1. The fraction of sp³-hybridized carbons (Fsp3) is 0.308. The second-order valence-corrected chi connectivity index (χ2v) is 8.35.